The van der Waals surface area contributed by atoms with Gasteiger partial charge in [0.15, 0.2) is 0 Å². The van der Waals surface area contributed by atoms with Crippen LogP contribution in [0.4, 0.5) is 5.69 Å². The Hall–Kier alpha value is -2.69. The summed E-state index contributed by atoms with van der Waals surface area (Å²) < 4.78 is 4.67. The van der Waals surface area contributed by atoms with Gasteiger partial charge in [-0.15, -0.1) is 0 Å². The Morgan fingerprint density at radius 3 is 2.60 bits per heavy atom. The molecular formula is C15H14N2O3. The average molecular weight is 270 g/mol. The Kier molecular flexibility index (Phi) is 4.44. The van der Waals surface area contributed by atoms with Crippen molar-refractivity contribution in [2.75, 3.05) is 12.4 Å². The van der Waals surface area contributed by atoms with Crippen molar-refractivity contribution in [3.05, 3.63) is 59.9 Å². The summed E-state index contributed by atoms with van der Waals surface area (Å²) in [7, 11) is 1.30. The van der Waals surface area contributed by atoms with Crippen LogP contribution in [0.5, 0.6) is 0 Å². The van der Waals surface area contributed by atoms with Crippen LogP contribution in [-0.2, 0) is 16.0 Å². The van der Waals surface area contributed by atoms with Crippen LogP contribution in [0.3, 0.4) is 0 Å². The van der Waals surface area contributed by atoms with E-state index in [1.807, 2.05) is 6.07 Å². The smallest absolute Gasteiger partial charge is 0.339 e. The zero-order valence-electron chi connectivity index (χ0n) is 11.0. The molecule has 0 radical (unpaired) electrons. The lowest BCUT2D eigenvalue weighted by atomic mass is 10.1. The van der Waals surface area contributed by atoms with Gasteiger partial charge in [-0.25, -0.2) is 4.79 Å². The molecular weight excluding hydrogens is 256 g/mol. The molecule has 0 unspecified atom stereocenters. The van der Waals surface area contributed by atoms with E-state index in [0.717, 1.165) is 0 Å². The normalized spacial score (nSPS) is 9.85. The van der Waals surface area contributed by atoms with Gasteiger partial charge in [-0.3, -0.25) is 9.78 Å². The number of amides is 1. The number of rotatable bonds is 4. The van der Waals surface area contributed by atoms with Gasteiger partial charge in [-0.05, 0) is 24.3 Å². The van der Waals surface area contributed by atoms with Gasteiger partial charge in [-0.1, -0.05) is 18.2 Å². The molecule has 0 aliphatic rings. The van der Waals surface area contributed by atoms with Crippen LogP contribution in [0.2, 0.25) is 0 Å². The monoisotopic (exact) mass is 270 g/mol. The van der Waals surface area contributed by atoms with Gasteiger partial charge in [0.05, 0.1) is 24.8 Å². The van der Waals surface area contributed by atoms with Gasteiger partial charge < -0.3 is 10.1 Å². The molecule has 5 nitrogen and oxygen atoms in total. The molecule has 0 fully saturated rings. The molecule has 0 aliphatic carbocycles. The standard InChI is InChI=1S/C15H14N2O3/c1-20-15(19)12-7-2-3-8-13(12)17-14(18)10-11-6-4-5-9-16-11/h2-9H,10H2,1H3,(H,17,18). The summed E-state index contributed by atoms with van der Waals surface area (Å²) in [6, 6.07) is 12.1. The SMILES string of the molecule is COC(=O)c1ccccc1NC(=O)Cc1ccccn1. The van der Waals surface area contributed by atoms with E-state index in [9.17, 15) is 9.59 Å². The largest absolute Gasteiger partial charge is 0.465 e. The number of anilines is 1. The van der Waals surface area contributed by atoms with E-state index in [1.165, 1.54) is 7.11 Å². The number of nitrogens with one attached hydrogen (secondary N) is 1. The second kappa shape index (κ2) is 6.47. The maximum atomic E-state index is 11.9. The first-order valence-corrected chi connectivity index (χ1v) is 6.08. The van der Waals surface area contributed by atoms with E-state index in [1.54, 1.807) is 42.6 Å². The number of carbonyl (C=O) groups is 2. The van der Waals surface area contributed by atoms with Crippen molar-refractivity contribution in [2.45, 2.75) is 6.42 Å². The fraction of sp³-hybridized carbons (Fsp3) is 0.133. The van der Waals surface area contributed by atoms with Crippen LogP contribution in [0.15, 0.2) is 48.7 Å². The van der Waals surface area contributed by atoms with Gasteiger partial charge in [0.2, 0.25) is 5.91 Å². The molecule has 2 rings (SSSR count). The molecule has 5 heteroatoms. The van der Waals surface area contributed by atoms with E-state index in [4.69, 9.17) is 0 Å². The molecule has 0 aliphatic heterocycles. The Balaban J connectivity index is 2.10. The van der Waals surface area contributed by atoms with Gasteiger partial charge in [-0.2, -0.15) is 0 Å². The highest BCUT2D eigenvalue weighted by molar-refractivity contribution is 6.01. The molecule has 1 heterocycles. The van der Waals surface area contributed by atoms with E-state index in [2.05, 4.69) is 15.0 Å². The number of methoxy groups -OCH3 is 1. The summed E-state index contributed by atoms with van der Waals surface area (Å²) in [6.45, 7) is 0. The number of hydrogen-bond acceptors (Lipinski definition) is 4. The molecule has 2 aromatic rings. The number of aromatic nitrogens is 1. The van der Waals surface area contributed by atoms with Crippen molar-refractivity contribution in [1.29, 1.82) is 0 Å². The average Bonchev–Trinajstić information content (AvgIpc) is 2.48. The predicted octanol–water partition coefficient (Wildman–Crippen LogP) is 2.05. The first kappa shape index (κ1) is 13.7. The zero-order valence-corrected chi connectivity index (χ0v) is 11.0. The minimum Gasteiger partial charge on any atom is -0.465 e. The Morgan fingerprint density at radius 1 is 1.15 bits per heavy atom. The fourth-order valence-corrected chi connectivity index (χ4v) is 1.74. The molecule has 20 heavy (non-hydrogen) atoms. The number of esters is 1. The molecule has 0 bridgehead atoms. The number of para-hydroxylation sites is 1. The summed E-state index contributed by atoms with van der Waals surface area (Å²) in [5, 5.41) is 2.69. The summed E-state index contributed by atoms with van der Waals surface area (Å²) in [5.41, 5.74) is 1.42. The maximum absolute atomic E-state index is 11.9. The Morgan fingerprint density at radius 2 is 1.90 bits per heavy atom. The predicted molar refractivity (Wildman–Crippen MR) is 74.4 cm³/mol. The highest BCUT2D eigenvalue weighted by Crippen LogP contribution is 2.16. The maximum Gasteiger partial charge on any atom is 0.339 e. The number of benzene rings is 1. The van der Waals surface area contributed by atoms with E-state index in [-0.39, 0.29) is 12.3 Å². The summed E-state index contributed by atoms with van der Waals surface area (Å²) in [5.74, 6) is -0.723. The molecule has 1 aromatic heterocycles. The third-order valence-corrected chi connectivity index (χ3v) is 2.67. The van der Waals surface area contributed by atoms with Crippen LogP contribution < -0.4 is 5.32 Å². The Bertz CT molecular complexity index is 612. The second-order valence-corrected chi connectivity index (χ2v) is 4.08. The van der Waals surface area contributed by atoms with Gasteiger partial charge in [0.25, 0.3) is 0 Å². The number of carbonyl (C=O) groups excluding carboxylic acids is 2. The van der Waals surface area contributed by atoms with Crippen LogP contribution in [0, 0.1) is 0 Å². The van der Waals surface area contributed by atoms with Crippen LogP contribution in [0.25, 0.3) is 0 Å². The lowest BCUT2D eigenvalue weighted by Crippen LogP contribution is -2.17. The van der Waals surface area contributed by atoms with E-state index < -0.39 is 5.97 Å². The first-order chi connectivity index (χ1) is 9.70. The molecule has 0 atom stereocenters. The first-order valence-electron chi connectivity index (χ1n) is 6.08. The number of nitrogens with zero attached hydrogens (tertiary/aromatic N) is 1. The van der Waals surface area contributed by atoms with Crippen LogP contribution in [-0.4, -0.2) is 24.0 Å². The van der Waals surface area contributed by atoms with Crippen molar-refractivity contribution in [3.8, 4) is 0 Å². The van der Waals surface area contributed by atoms with Crippen molar-refractivity contribution in [1.82, 2.24) is 4.98 Å². The number of pyridine rings is 1. The lowest BCUT2D eigenvalue weighted by molar-refractivity contribution is -0.115. The molecule has 1 amide bonds. The lowest BCUT2D eigenvalue weighted by Gasteiger charge is -2.09. The molecule has 102 valence electrons. The van der Waals surface area contributed by atoms with E-state index >= 15 is 0 Å². The molecule has 0 saturated heterocycles. The highest BCUT2D eigenvalue weighted by atomic mass is 16.5. The van der Waals surface area contributed by atoms with Crippen LogP contribution >= 0.6 is 0 Å². The number of ether oxygens (including phenoxy) is 1. The molecule has 0 saturated carbocycles. The van der Waals surface area contributed by atoms with E-state index in [0.29, 0.717) is 16.9 Å². The summed E-state index contributed by atoms with van der Waals surface area (Å²) in [4.78, 5) is 27.6. The minimum atomic E-state index is -0.487. The van der Waals surface area contributed by atoms with Gasteiger partial charge in [0.1, 0.15) is 0 Å². The molecule has 0 spiro atoms. The Labute approximate surface area is 116 Å². The zero-order chi connectivity index (χ0) is 14.4. The number of hydrogen-bond donors (Lipinski definition) is 1. The van der Waals surface area contributed by atoms with Gasteiger partial charge in [0, 0.05) is 11.9 Å². The topological polar surface area (TPSA) is 68.3 Å². The van der Waals surface area contributed by atoms with Gasteiger partial charge >= 0.3 is 5.97 Å². The van der Waals surface area contributed by atoms with Crippen molar-refractivity contribution in [3.63, 3.8) is 0 Å². The van der Waals surface area contributed by atoms with Crippen molar-refractivity contribution < 1.29 is 14.3 Å². The highest BCUT2D eigenvalue weighted by Gasteiger charge is 2.13. The molecule has 1 N–H and O–H groups in total. The molecule has 1 aromatic carbocycles. The minimum absolute atomic E-state index is 0.149. The third-order valence-electron chi connectivity index (χ3n) is 2.67. The van der Waals surface area contributed by atoms with Crippen LogP contribution in [0.1, 0.15) is 16.1 Å². The summed E-state index contributed by atoms with van der Waals surface area (Å²) >= 11 is 0. The van der Waals surface area contributed by atoms with Crippen molar-refractivity contribution in [2.24, 2.45) is 0 Å². The van der Waals surface area contributed by atoms with Crippen molar-refractivity contribution >= 4 is 17.6 Å². The summed E-state index contributed by atoms with van der Waals surface area (Å²) in [6.07, 6.45) is 1.78. The second-order valence-electron chi connectivity index (χ2n) is 4.08. The third kappa shape index (κ3) is 3.41. The quantitative estimate of drug-likeness (QED) is 0.863. The fourth-order valence-electron chi connectivity index (χ4n) is 1.74.